The molecule has 1 fully saturated rings. The number of nitrogens with one attached hydrogen (secondary N) is 1. The first-order chi connectivity index (χ1) is 7.25. The van der Waals surface area contributed by atoms with E-state index < -0.39 is 0 Å². The molecule has 0 aliphatic heterocycles. The van der Waals surface area contributed by atoms with Gasteiger partial charge >= 0.3 is 0 Å². The minimum Gasteiger partial charge on any atom is -0.345 e. The second kappa shape index (κ2) is 4.36. The highest BCUT2D eigenvalue weighted by atomic mass is 16.2. The van der Waals surface area contributed by atoms with Gasteiger partial charge in [0.05, 0.1) is 6.54 Å². The van der Waals surface area contributed by atoms with Crippen LogP contribution in [0.5, 0.6) is 0 Å². The van der Waals surface area contributed by atoms with Crippen molar-refractivity contribution in [2.24, 2.45) is 16.7 Å². The molecule has 0 atom stereocenters. The van der Waals surface area contributed by atoms with Gasteiger partial charge in [-0.1, -0.05) is 27.7 Å². The van der Waals surface area contributed by atoms with E-state index in [1.807, 2.05) is 14.0 Å². The van der Waals surface area contributed by atoms with Crippen LogP contribution in [0.25, 0.3) is 0 Å². The third-order valence-electron chi connectivity index (χ3n) is 4.84. The summed E-state index contributed by atoms with van der Waals surface area (Å²) in [7, 11) is 1.84. The van der Waals surface area contributed by atoms with E-state index in [0.29, 0.717) is 23.3 Å². The predicted molar refractivity (Wildman–Crippen MR) is 67.2 cm³/mol. The number of hydrogen-bond donors (Lipinski definition) is 1. The fraction of sp³-hybridized carbons (Fsp3) is 0.923. The molecule has 3 nitrogen and oxygen atoms in total. The van der Waals surface area contributed by atoms with E-state index in [1.54, 1.807) is 4.90 Å². The van der Waals surface area contributed by atoms with Gasteiger partial charge in [-0.05, 0) is 30.2 Å². The number of carbonyl (C=O) groups excluding carboxylic acids is 1. The minimum atomic E-state index is 0.179. The van der Waals surface area contributed by atoms with E-state index in [4.69, 9.17) is 0 Å². The van der Waals surface area contributed by atoms with Crippen molar-refractivity contribution in [3.05, 3.63) is 0 Å². The van der Waals surface area contributed by atoms with Crippen LogP contribution in [0.2, 0.25) is 0 Å². The topological polar surface area (TPSA) is 32.3 Å². The quantitative estimate of drug-likeness (QED) is 0.774. The summed E-state index contributed by atoms with van der Waals surface area (Å²) in [4.78, 5) is 13.3. The summed E-state index contributed by atoms with van der Waals surface area (Å²) >= 11 is 0. The molecule has 0 radical (unpaired) electrons. The van der Waals surface area contributed by atoms with Crippen molar-refractivity contribution in [1.82, 2.24) is 10.2 Å². The Bertz CT molecular complexity index is 257. The Labute approximate surface area is 99.6 Å². The second-order valence-corrected chi connectivity index (χ2v) is 6.03. The van der Waals surface area contributed by atoms with Crippen LogP contribution in [0.3, 0.4) is 0 Å². The number of amides is 1. The maximum Gasteiger partial charge on any atom is 0.236 e. The highest BCUT2D eigenvalue weighted by molar-refractivity contribution is 5.77. The Balaban J connectivity index is 2.26. The van der Waals surface area contributed by atoms with Crippen LogP contribution >= 0.6 is 0 Å². The highest BCUT2D eigenvalue weighted by Crippen LogP contribution is 2.67. The van der Waals surface area contributed by atoms with E-state index in [1.165, 1.54) is 0 Å². The molecular formula is C13H26N2O. The van der Waals surface area contributed by atoms with Gasteiger partial charge in [0.1, 0.15) is 0 Å². The molecule has 1 saturated carbocycles. The Morgan fingerprint density at radius 3 is 2.12 bits per heavy atom. The molecule has 0 aromatic carbocycles. The largest absolute Gasteiger partial charge is 0.345 e. The average molecular weight is 226 g/mol. The summed E-state index contributed by atoms with van der Waals surface area (Å²) in [6, 6.07) is 0. The number of rotatable bonds is 5. The van der Waals surface area contributed by atoms with Gasteiger partial charge in [-0.3, -0.25) is 4.79 Å². The van der Waals surface area contributed by atoms with Gasteiger partial charge in [0.25, 0.3) is 0 Å². The summed E-state index contributed by atoms with van der Waals surface area (Å²) in [5.41, 5.74) is 0.805. The van der Waals surface area contributed by atoms with Crippen LogP contribution in [0, 0.1) is 16.7 Å². The van der Waals surface area contributed by atoms with Crippen molar-refractivity contribution in [2.45, 2.75) is 34.6 Å². The summed E-state index contributed by atoms with van der Waals surface area (Å²) < 4.78 is 0. The molecule has 94 valence electrons. The monoisotopic (exact) mass is 226 g/mol. The van der Waals surface area contributed by atoms with Crippen LogP contribution in [0.4, 0.5) is 0 Å². The van der Waals surface area contributed by atoms with Crippen molar-refractivity contribution in [3.63, 3.8) is 0 Å². The molecule has 0 aromatic rings. The van der Waals surface area contributed by atoms with Crippen LogP contribution in [-0.2, 0) is 4.79 Å². The molecule has 0 unspecified atom stereocenters. The van der Waals surface area contributed by atoms with Gasteiger partial charge in [0.15, 0.2) is 0 Å². The zero-order chi connectivity index (χ0) is 12.6. The SMILES string of the molecule is CCN(C)C(=O)CNCC1C(C)(C)C1(C)C. The number of likely N-dealkylation sites (N-methyl/N-ethyl adjacent to an activating group) is 1. The zero-order valence-corrected chi connectivity index (χ0v) is 11.6. The third kappa shape index (κ3) is 2.24. The Morgan fingerprint density at radius 1 is 1.25 bits per heavy atom. The molecule has 0 bridgehead atoms. The molecule has 3 heteroatoms. The van der Waals surface area contributed by atoms with Crippen LogP contribution in [0.15, 0.2) is 0 Å². The molecule has 16 heavy (non-hydrogen) atoms. The number of carbonyl (C=O) groups is 1. The molecule has 1 aliphatic carbocycles. The molecular weight excluding hydrogens is 200 g/mol. The lowest BCUT2D eigenvalue weighted by atomic mass is 10.0. The Morgan fingerprint density at radius 2 is 1.75 bits per heavy atom. The van der Waals surface area contributed by atoms with Crippen molar-refractivity contribution in [3.8, 4) is 0 Å². The smallest absolute Gasteiger partial charge is 0.236 e. The molecule has 0 saturated heterocycles. The van der Waals surface area contributed by atoms with Gasteiger partial charge in [-0.15, -0.1) is 0 Å². The summed E-state index contributed by atoms with van der Waals surface area (Å²) in [5.74, 6) is 0.860. The molecule has 1 N–H and O–H groups in total. The average Bonchev–Trinajstić information content (AvgIpc) is 2.58. The normalized spacial score (nSPS) is 21.9. The lowest BCUT2D eigenvalue weighted by Crippen LogP contribution is -2.36. The fourth-order valence-electron chi connectivity index (χ4n) is 2.48. The van der Waals surface area contributed by atoms with Crippen LogP contribution in [-0.4, -0.2) is 37.5 Å². The number of hydrogen-bond acceptors (Lipinski definition) is 2. The molecule has 1 amide bonds. The lowest BCUT2D eigenvalue weighted by molar-refractivity contribution is -0.128. The van der Waals surface area contributed by atoms with Crippen molar-refractivity contribution in [1.29, 1.82) is 0 Å². The lowest BCUT2D eigenvalue weighted by Gasteiger charge is -2.15. The molecule has 1 rings (SSSR count). The van der Waals surface area contributed by atoms with Gasteiger partial charge in [0.2, 0.25) is 5.91 Å². The van der Waals surface area contributed by atoms with Crippen molar-refractivity contribution < 1.29 is 4.79 Å². The van der Waals surface area contributed by atoms with E-state index >= 15 is 0 Å². The minimum absolute atomic E-state index is 0.179. The molecule has 0 heterocycles. The maximum absolute atomic E-state index is 11.6. The standard InChI is InChI=1S/C13H26N2O/c1-7-15(6)11(16)9-14-8-10-12(2,3)13(10,4)5/h10,14H,7-9H2,1-6H3. The highest BCUT2D eigenvalue weighted by Gasteiger charge is 2.63. The van der Waals surface area contributed by atoms with Crippen LogP contribution < -0.4 is 5.32 Å². The second-order valence-electron chi connectivity index (χ2n) is 6.03. The van der Waals surface area contributed by atoms with Gasteiger partial charge in [0, 0.05) is 13.6 Å². The summed E-state index contributed by atoms with van der Waals surface area (Å²) in [5, 5.41) is 3.28. The van der Waals surface area contributed by atoms with Gasteiger partial charge in [-0.2, -0.15) is 0 Å². The molecule has 0 aromatic heterocycles. The Kier molecular flexibility index (Phi) is 3.68. The van der Waals surface area contributed by atoms with E-state index in [-0.39, 0.29) is 5.91 Å². The van der Waals surface area contributed by atoms with Gasteiger partial charge < -0.3 is 10.2 Å². The molecule has 0 spiro atoms. The first kappa shape index (κ1) is 13.5. The first-order valence-electron chi connectivity index (χ1n) is 6.19. The fourth-order valence-corrected chi connectivity index (χ4v) is 2.48. The van der Waals surface area contributed by atoms with Gasteiger partial charge in [-0.25, -0.2) is 0 Å². The van der Waals surface area contributed by atoms with Crippen LogP contribution in [0.1, 0.15) is 34.6 Å². The number of nitrogens with zero attached hydrogens (tertiary/aromatic N) is 1. The van der Waals surface area contributed by atoms with E-state index in [9.17, 15) is 4.79 Å². The Hall–Kier alpha value is -0.570. The maximum atomic E-state index is 11.6. The van der Waals surface area contributed by atoms with E-state index in [2.05, 4.69) is 33.0 Å². The summed E-state index contributed by atoms with van der Waals surface area (Å²) in [6.07, 6.45) is 0. The predicted octanol–water partition coefficient (Wildman–Crippen LogP) is 1.74. The van der Waals surface area contributed by atoms with Crippen molar-refractivity contribution in [2.75, 3.05) is 26.7 Å². The summed E-state index contributed by atoms with van der Waals surface area (Å²) in [6.45, 7) is 13.4. The zero-order valence-electron chi connectivity index (χ0n) is 11.6. The van der Waals surface area contributed by atoms with E-state index in [0.717, 1.165) is 13.1 Å². The first-order valence-corrected chi connectivity index (χ1v) is 6.19. The van der Waals surface area contributed by atoms with Crippen molar-refractivity contribution >= 4 is 5.91 Å². The third-order valence-corrected chi connectivity index (χ3v) is 4.84. The molecule has 1 aliphatic rings.